The molecule has 0 amide bonds. The molecule has 1 aromatic rings. The SMILES string of the molecule is CN(CCOCC1CC1)c1snc(N)c1C#N. The van der Waals surface area contributed by atoms with Crippen molar-refractivity contribution in [3.63, 3.8) is 0 Å². The minimum Gasteiger partial charge on any atom is -0.382 e. The zero-order valence-electron chi connectivity index (χ0n) is 9.85. The van der Waals surface area contributed by atoms with Crippen LogP contribution >= 0.6 is 11.5 Å². The van der Waals surface area contributed by atoms with Crippen molar-refractivity contribution in [3.05, 3.63) is 5.56 Å². The van der Waals surface area contributed by atoms with E-state index in [-0.39, 0.29) is 0 Å². The Bertz CT molecular complexity index is 422. The Labute approximate surface area is 105 Å². The first-order chi connectivity index (χ1) is 8.22. The predicted octanol–water partition coefficient (Wildman–Crippen LogP) is 1.46. The Hall–Kier alpha value is -1.32. The minimum absolute atomic E-state index is 0.318. The lowest BCUT2D eigenvalue weighted by Gasteiger charge is -2.16. The molecular formula is C11H16N4OS. The molecule has 0 atom stereocenters. The van der Waals surface area contributed by atoms with Gasteiger partial charge in [0.25, 0.3) is 0 Å². The molecule has 1 aromatic heterocycles. The number of nitriles is 1. The third-order valence-electron chi connectivity index (χ3n) is 2.78. The average Bonchev–Trinajstić information content (AvgIpc) is 3.06. The average molecular weight is 252 g/mol. The van der Waals surface area contributed by atoms with Crippen molar-refractivity contribution in [1.29, 1.82) is 5.26 Å². The van der Waals surface area contributed by atoms with Crippen molar-refractivity contribution in [2.45, 2.75) is 12.8 Å². The smallest absolute Gasteiger partial charge is 0.157 e. The maximum absolute atomic E-state index is 8.97. The largest absolute Gasteiger partial charge is 0.382 e. The quantitative estimate of drug-likeness (QED) is 0.776. The second-order valence-electron chi connectivity index (χ2n) is 4.30. The maximum Gasteiger partial charge on any atom is 0.157 e. The van der Waals surface area contributed by atoms with E-state index in [0.29, 0.717) is 18.0 Å². The molecule has 5 nitrogen and oxygen atoms in total. The summed E-state index contributed by atoms with van der Waals surface area (Å²) in [5, 5.41) is 9.79. The topological polar surface area (TPSA) is 75.2 Å². The van der Waals surface area contributed by atoms with Crippen molar-refractivity contribution < 1.29 is 4.74 Å². The van der Waals surface area contributed by atoms with Crippen molar-refractivity contribution in [3.8, 4) is 6.07 Å². The number of aromatic nitrogens is 1. The first-order valence-corrected chi connectivity index (χ1v) is 6.44. The highest BCUT2D eigenvalue weighted by atomic mass is 32.1. The highest BCUT2D eigenvalue weighted by Gasteiger charge is 2.21. The molecule has 17 heavy (non-hydrogen) atoms. The Morgan fingerprint density at radius 3 is 3.06 bits per heavy atom. The highest BCUT2D eigenvalue weighted by Crippen LogP contribution is 2.29. The molecule has 92 valence electrons. The van der Waals surface area contributed by atoms with E-state index in [9.17, 15) is 0 Å². The number of likely N-dealkylation sites (N-methyl/N-ethyl adjacent to an activating group) is 1. The zero-order valence-corrected chi connectivity index (χ0v) is 10.7. The molecule has 6 heteroatoms. The van der Waals surface area contributed by atoms with Gasteiger partial charge < -0.3 is 15.4 Å². The lowest BCUT2D eigenvalue weighted by molar-refractivity contribution is 0.131. The molecule has 0 spiro atoms. The Kier molecular flexibility index (Phi) is 3.82. The summed E-state index contributed by atoms with van der Waals surface area (Å²) in [4.78, 5) is 1.97. The molecular weight excluding hydrogens is 236 g/mol. The van der Waals surface area contributed by atoms with Crippen LogP contribution in [0.1, 0.15) is 18.4 Å². The van der Waals surface area contributed by atoms with Gasteiger partial charge in [-0.25, -0.2) is 0 Å². The fraction of sp³-hybridized carbons (Fsp3) is 0.636. The van der Waals surface area contributed by atoms with Gasteiger partial charge in [0.15, 0.2) is 5.82 Å². The fourth-order valence-corrected chi connectivity index (χ4v) is 2.24. The van der Waals surface area contributed by atoms with Gasteiger partial charge >= 0.3 is 0 Å². The fourth-order valence-electron chi connectivity index (χ4n) is 1.50. The number of hydrogen-bond donors (Lipinski definition) is 1. The molecule has 1 fully saturated rings. The summed E-state index contributed by atoms with van der Waals surface area (Å²) in [6.45, 7) is 2.29. The van der Waals surface area contributed by atoms with E-state index < -0.39 is 0 Å². The van der Waals surface area contributed by atoms with Crippen molar-refractivity contribution in [2.24, 2.45) is 5.92 Å². The van der Waals surface area contributed by atoms with E-state index in [1.54, 1.807) is 0 Å². The van der Waals surface area contributed by atoms with Crippen LogP contribution in [0.2, 0.25) is 0 Å². The summed E-state index contributed by atoms with van der Waals surface area (Å²) >= 11 is 1.26. The lowest BCUT2D eigenvalue weighted by Crippen LogP contribution is -2.22. The van der Waals surface area contributed by atoms with Gasteiger partial charge in [-0.15, -0.1) is 0 Å². The summed E-state index contributed by atoms with van der Waals surface area (Å²) in [6, 6.07) is 2.08. The van der Waals surface area contributed by atoms with E-state index in [1.165, 1.54) is 24.4 Å². The van der Waals surface area contributed by atoms with E-state index in [0.717, 1.165) is 24.1 Å². The normalized spacial score (nSPS) is 14.6. The summed E-state index contributed by atoms with van der Waals surface area (Å²) in [6.07, 6.45) is 2.61. The van der Waals surface area contributed by atoms with E-state index in [1.807, 2.05) is 11.9 Å². The number of nitrogens with two attached hydrogens (primary N) is 1. The molecule has 0 radical (unpaired) electrons. The van der Waals surface area contributed by atoms with Crippen molar-refractivity contribution >= 4 is 22.4 Å². The molecule has 2 N–H and O–H groups in total. The standard InChI is InChI=1S/C11H16N4OS/c1-15(4-5-16-7-8-2-3-8)11-9(6-12)10(13)14-17-11/h8H,2-5,7H2,1H3,(H2,13,14). The van der Waals surface area contributed by atoms with E-state index in [4.69, 9.17) is 15.7 Å². The highest BCUT2D eigenvalue weighted by molar-refractivity contribution is 7.10. The van der Waals surface area contributed by atoms with Gasteiger partial charge in [-0.1, -0.05) is 0 Å². The van der Waals surface area contributed by atoms with Crippen LogP contribution in [-0.2, 0) is 4.74 Å². The van der Waals surface area contributed by atoms with Crippen LogP contribution in [0, 0.1) is 17.2 Å². The van der Waals surface area contributed by atoms with Crippen LogP contribution < -0.4 is 10.6 Å². The Balaban J connectivity index is 1.81. The zero-order chi connectivity index (χ0) is 12.3. The van der Waals surface area contributed by atoms with Crippen LogP contribution in [0.5, 0.6) is 0 Å². The molecule has 0 aliphatic heterocycles. The van der Waals surface area contributed by atoms with Crippen LogP contribution in [0.3, 0.4) is 0 Å². The van der Waals surface area contributed by atoms with Gasteiger partial charge in [0.1, 0.15) is 16.6 Å². The first kappa shape index (κ1) is 12.1. The summed E-state index contributed by atoms with van der Waals surface area (Å²) in [5.74, 6) is 1.10. The molecule has 1 saturated carbocycles. The van der Waals surface area contributed by atoms with Crippen LogP contribution in [0.15, 0.2) is 0 Å². The van der Waals surface area contributed by atoms with Crippen molar-refractivity contribution in [2.75, 3.05) is 37.4 Å². The summed E-state index contributed by atoms with van der Waals surface area (Å²) < 4.78 is 9.55. The Morgan fingerprint density at radius 2 is 2.41 bits per heavy atom. The summed E-state index contributed by atoms with van der Waals surface area (Å²) in [5.41, 5.74) is 6.08. The van der Waals surface area contributed by atoms with Gasteiger partial charge in [-0.3, -0.25) is 0 Å². The van der Waals surface area contributed by atoms with Gasteiger partial charge in [-0.05, 0) is 30.3 Å². The molecule has 1 aliphatic carbocycles. The second-order valence-corrected chi connectivity index (χ2v) is 5.05. The molecule has 1 aliphatic rings. The molecule has 0 unspecified atom stereocenters. The lowest BCUT2D eigenvalue weighted by atomic mass is 10.3. The minimum atomic E-state index is 0.318. The van der Waals surface area contributed by atoms with Crippen LogP contribution in [0.25, 0.3) is 0 Å². The molecule has 0 aromatic carbocycles. The van der Waals surface area contributed by atoms with Gasteiger partial charge in [-0.2, -0.15) is 9.64 Å². The molecule has 0 bridgehead atoms. The Morgan fingerprint density at radius 1 is 1.65 bits per heavy atom. The van der Waals surface area contributed by atoms with E-state index >= 15 is 0 Å². The van der Waals surface area contributed by atoms with Gasteiger partial charge in [0.2, 0.25) is 0 Å². The number of hydrogen-bond acceptors (Lipinski definition) is 6. The van der Waals surface area contributed by atoms with Gasteiger partial charge in [0.05, 0.1) is 6.61 Å². The first-order valence-electron chi connectivity index (χ1n) is 5.66. The van der Waals surface area contributed by atoms with Gasteiger partial charge in [0, 0.05) is 20.2 Å². The predicted molar refractivity (Wildman–Crippen MR) is 68.1 cm³/mol. The summed E-state index contributed by atoms with van der Waals surface area (Å²) in [7, 11) is 1.92. The number of ether oxygens (including phenoxy) is 1. The number of anilines is 2. The number of nitrogens with zero attached hydrogens (tertiary/aromatic N) is 3. The molecule has 1 heterocycles. The number of nitrogen functional groups attached to an aromatic ring is 1. The number of rotatable bonds is 6. The monoisotopic (exact) mass is 252 g/mol. The third kappa shape index (κ3) is 3.08. The van der Waals surface area contributed by atoms with Crippen LogP contribution in [0.4, 0.5) is 10.8 Å². The molecule has 0 saturated heterocycles. The maximum atomic E-state index is 8.97. The van der Waals surface area contributed by atoms with Crippen molar-refractivity contribution in [1.82, 2.24) is 4.37 Å². The van der Waals surface area contributed by atoms with E-state index in [2.05, 4.69) is 10.4 Å². The van der Waals surface area contributed by atoms with Crippen LogP contribution in [-0.4, -0.2) is 31.2 Å². The third-order valence-corrected chi connectivity index (χ3v) is 3.76. The second kappa shape index (κ2) is 5.34. The molecule has 2 rings (SSSR count).